The first kappa shape index (κ1) is 14.5. The van der Waals surface area contributed by atoms with Crippen LogP contribution in [0.2, 0.25) is 0 Å². The van der Waals surface area contributed by atoms with Gasteiger partial charge in [0.25, 0.3) is 0 Å². The molecule has 0 saturated carbocycles. The fourth-order valence-electron chi connectivity index (χ4n) is 2.06. The summed E-state index contributed by atoms with van der Waals surface area (Å²) in [7, 11) is 0. The predicted octanol–water partition coefficient (Wildman–Crippen LogP) is 2.67. The highest BCUT2D eigenvalue weighted by Gasteiger charge is 2.31. The Labute approximate surface area is 114 Å². The second-order valence-corrected chi connectivity index (χ2v) is 4.56. The minimum Gasteiger partial charge on any atom is -0.406 e. The van der Waals surface area contributed by atoms with Crippen molar-refractivity contribution in [2.75, 3.05) is 11.9 Å². The van der Waals surface area contributed by atoms with E-state index < -0.39 is 12.4 Å². The molecule has 0 spiro atoms. The number of amides is 1. The van der Waals surface area contributed by atoms with Gasteiger partial charge in [0.1, 0.15) is 11.8 Å². The monoisotopic (exact) mass is 288 g/mol. The van der Waals surface area contributed by atoms with Crippen LogP contribution in [-0.2, 0) is 4.79 Å². The fraction of sp³-hybridized carbons (Fsp3) is 0.462. The number of benzene rings is 1. The van der Waals surface area contributed by atoms with Crippen molar-refractivity contribution < 1.29 is 22.7 Å². The smallest absolute Gasteiger partial charge is 0.406 e. The molecule has 0 radical (unpaired) electrons. The Morgan fingerprint density at radius 3 is 2.85 bits per heavy atom. The van der Waals surface area contributed by atoms with E-state index in [1.807, 2.05) is 0 Å². The molecule has 1 amide bonds. The van der Waals surface area contributed by atoms with Crippen molar-refractivity contribution >= 4 is 11.6 Å². The topological polar surface area (TPSA) is 50.4 Å². The molecule has 1 aliphatic rings. The average Bonchev–Trinajstić information content (AvgIpc) is 2.53. The molecule has 1 aromatic carbocycles. The number of nitrogens with one attached hydrogen (secondary N) is 2. The summed E-state index contributed by atoms with van der Waals surface area (Å²) in [5, 5.41) is 5.69. The molecule has 1 saturated heterocycles. The first-order chi connectivity index (χ1) is 9.44. The van der Waals surface area contributed by atoms with E-state index in [-0.39, 0.29) is 11.7 Å². The maximum absolute atomic E-state index is 12.1. The van der Waals surface area contributed by atoms with Crippen molar-refractivity contribution in [3.8, 4) is 5.75 Å². The van der Waals surface area contributed by atoms with Crippen LogP contribution in [-0.4, -0.2) is 24.9 Å². The van der Waals surface area contributed by atoms with Gasteiger partial charge in [0.2, 0.25) is 5.91 Å². The Kier molecular flexibility index (Phi) is 4.36. The normalized spacial score (nSPS) is 19.9. The van der Waals surface area contributed by atoms with Crippen molar-refractivity contribution in [2.24, 2.45) is 0 Å². The van der Waals surface area contributed by atoms with Crippen LogP contribution < -0.4 is 15.4 Å². The third-order valence-corrected chi connectivity index (χ3v) is 2.94. The summed E-state index contributed by atoms with van der Waals surface area (Å²) in [6.45, 7) is 0.633. The summed E-state index contributed by atoms with van der Waals surface area (Å²) in [5.74, 6) is -0.443. The van der Waals surface area contributed by atoms with E-state index in [1.54, 1.807) is 6.07 Å². The Hall–Kier alpha value is -1.92. The first-order valence-electron chi connectivity index (χ1n) is 6.34. The number of hydrogen-bond donors (Lipinski definition) is 2. The summed E-state index contributed by atoms with van der Waals surface area (Å²) in [5.41, 5.74) is 0.425. The second-order valence-electron chi connectivity index (χ2n) is 4.56. The third kappa shape index (κ3) is 4.32. The van der Waals surface area contributed by atoms with Gasteiger partial charge in [-0.2, -0.15) is 0 Å². The lowest BCUT2D eigenvalue weighted by Gasteiger charge is -2.17. The Morgan fingerprint density at radius 2 is 2.10 bits per heavy atom. The van der Waals surface area contributed by atoms with Crippen molar-refractivity contribution in [1.29, 1.82) is 0 Å². The van der Waals surface area contributed by atoms with Crippen molar-refractivity contribution in [1.82, 2.24) is 5.32 Å². The van der Waals surface area contributed by atoms with Crippen molar-refractivity contribution in [3.63, 3.8) is 0 Å². The van der Waals surface area contributed by atoms with Crippen LogP contribution in [0.3, 0.4) is 0 Å². The van der Waals surface area contributed by atoms with Gasteiger partial charge < -0.3 is 15.4 Å². The molecule has 0 aliphatic carbocycles. The Morgan fingerprint density at radius 1 is 1.30 bits per heavy atom. The predicted molar refractivity (Wildman–Crippen MR) is 67.4 cm³/mol. The highest BCUT2D eigenvalue weighted by atomic mass is 19.4. The van der Waals surface area contributed by atoms with Gasteiger partial charge in [-0.25, -0.2) is 0 Å². The molecule has 2 N–H and O–H groups in total. The van der Waals surface area contributed by atoms with Crippen molar-refractivity contribution in [2.45, 2.75) is 31.7 Å². The number of anilines is 1. The molecule has 7 heteroatoms. The number of alkyl halides is 3. The Balaban J connectivity index is 2.05. The highest BCUT2D eigenvalue weighted by Crippen LogP contribution is 2.25. The molecular weight excluding hydrogens is 273 g/mol. The summed E-state index contributed by atoms with van der Waals surface area (Å²) in [6, 6.07) is 5.05. The summed E-state index contributed by atoms with van der Waals surface area (Å²) in [6.07, 6.45) is -2.29. The molecule has 1 aliphatic heterocycles. The standard InChI is InChI=1S/C13H15F3N2O2/c14-13(15,16)20-10-5-3-4-9(8-10)18-11-6-1-2-7-17-12(11)19/h3-5,8,11,18H,1-2,6-7H2,(H,17,19). The summed E-state index contributed by atoms with van der Waals surface area (Å²) >= 11 is 0. The zero-order valence-electron chi connectivity index (χ0n) is 10.7. The first-order valence-corrected chi connectivity index (χ1v) is 6.34. The summed E-state index contributed by atoms with van der Waals surface area (Å²) in [4.78, 5) is 11.7. The molecule has 1 heterocycles. The van der Waals surface area contributed by atoms with Gasteiger partial charge in [-0.3, -0.25) is 4.79 Å². The molecule has 1 atom stereocenters. The van der Waals surface area contributed by atoms with Crippen LogP contribution in [0, 0.1) is 0 Å². The second kappa shape index (κ2) is 6.02. The number of halogens is 3. The number of carbonyl (C=O) groups excluding carboxylic acids is 1. The maximum atomic E-state index is 12.1. The van der Waals surface area contributed by atoms with Gasteiger partial charge in [-0.05, 0) is 31.4 Å². The zero-order chi connectivity index (χ0) is 14.6. The third-order valence-electron chi connectivity index (χ3n) is 2.94. The largest absolute Gasteiger partial charge is 0.573 e. The maximum Gasteiger partial charge on any atom is 0.573 e. The quantitative estimate of drug-likeness (QED) is 0.899. The molecule has 2 rings (SSSR count). The van der Waals surface area contributed by atoms with E-state index in [2.05, 4.69) is 15.4 Å². The van der Waals surface area contributed by atoms with E-state index in [0.717, 1.165) is 12.8 Å². The number of rotatable bonds is 3. The molecule has 1 unspecified atom stereocenters. The van der Waals surface area contributed by atoms with Gasteiger partial charge in [-0.15, -0.1) is 13.2 Å². The van der Waals surface area contributed by atoms with Crippen LogP contribution in [0.4, 0.5) is 18.9 Å². The van der Waals surface area contributed by atoms with Gasteiger partial charge in [0, 0.05) is 18.3 Å². The number of ether oxygens (including phenoxy) is 1. The average molecular weight is 288 g/mol. The van der Waals surface area contributed by atoms with Crippen LogP contribution in [0.15, 0.2) is 24.3 Å². The molecule has 20 heavy (non-hydrogen) atoms. The Bertz CT molecular complexity index is 477. The van der Waals surface area contributed by atoms with Gasteiger partial charge in [0.15, 0.2) is 0 Å². The fourth-order valence-corrected chi connectivity index (χ4v) is 2.06. The molecule has 1 aromatic rings. The minimum absolute atomic E-state index is 0.135. The van der Waals surface area contributed by atoms with Crippen LogP contribution >= 0.6 is 0 Å². The van der Waals surface area contributed by atoms with E-state index >= 15 is 0 Å². The molecule has 0 bridgehead atoms. The van der Waals surface area contributed by atoms with E-state index in [9.17, 15) is 18.0 Å². The minimum atomic E-state index is -4.72. The molecule has 1 fully saturated rings. The lowest BCUT2D eigenvalue weighted by Crippen LogP contribution is -2.37. The number of hydrogen-bond acceptors (Lipinski definition) is 3. The molecule has 0 aromatic heterocycles. The van der Waals surface area contributed by atoms with E-state index in [4.69, 9.17) is 0 Å². The SMILES string of the molecule is O=C1NCCCCC1Nc1cccc(OC(F)(F)F)c1. The summed E-state index contributed by atoms with van der Waals surface area (Å²) < 4.78 is 40.3. The lowest BCUT2D eigenvalue weighted by atomic mass is 10.1. The van der Waals surface area contributed by atoms with E-state index in [1.165, 1.54) is 18.2 Å². The van der Waals surface area contributed by atoms with Gasteiger partial charge in [0.05, 0.1) is 0 Å². The van der Waals surface area contributed by atoms with Crippen molar-refractivity contribution in [3.05, 3.63) is 24.3 Å². The molecule has 110 valence electrons. The molecular formula is C13H15F3N2O2. The lowest BCUT2D eigenvalue weighted by molar-refractivity contribution is -0.274. The highest BCUT2D eigenvalue weighted by molar-refractivity contribution is 5.84. The van der Waals surface area contributed by atoms with Crippen LogP contribution in [0.5, 0.6) is 5.75 Å². The van der Waals surface area contributed by atoms with Crippen LogP contribution in [0.25, 0.3) is 0 Å². The zero-order valence-corrected chi connectivity index (χ0v) is 10.7. The van der Waals surface area contributed by atoms with Gasteiger partial charge in [-0.1, -0.05) is 6.07 Å². The van der Waals surface area contributed by atoms with Gasteiger partial charge >= 0.3 is 6.36 Å². The van der Waals surface area contributed by atoms with Crippen LogP contribution in [0.1, 0.15) is 19.3 Å². The number of carbonyl (C=O) groups is 1. The molecule has 4 nitrogen and oxygen atoms in total. The van der Waals surface area contributed by atoms with E-state index in [0.29, 0.717) is 18.7 Å².